The fourth-order valence-electron chi connectivity index (χ4n) is 2.06. The second kappa shape index (κ2) is 4.74. The van der Waals surface area contributed by atoms with Crippen molar-refractivity contribution >= 4 is 23.4 Å². The molecular formula is C14H12N2OS. The summed E-state index contributed by atoms with van der Waals surface area (Å²) < 4.78 is 1.78. The fraction of sp³-hybridized carbons (Fsp3) is 0.143. The van der Waals surface area contributed by atoms with Crippen molar-refractivity contribution in [1.29, 1.82) is 0 Å². The molecule has 1 aliphatic heterocycles. The van der Waals surface area contributed by atoms with Crippen molar-refractivity contribution in [3.05, 3.63) is 58.3 Å². The zero-order chi connectivity index (χ0) is 12.4. The van der Waals surface area contributed by atoms with Crippen molar-refractivity contribution in [1.82, 2.24) is 0 Å². The first-order valence-corrected chi connectivity index (χ1v) is 6.67. The summed E-state index contributed by atoms with van der Waals surface area (Å²) in [5, 5.41) is 17.6. The smallest absolute Gasteiger partial charge is 0.214 e. The molecule has 1 aromatic heterocycles. The number of hydrogen-bond acceptors (Lipinski definition) is 3. The second-order valence-electron chi connectivity index (χ2n) is 4.15. The second-order valence-corrected chi connectivity index (χ2v) is 5.13. The molecule has 0 spiro atoms. The van der Waals surface area contributed by atoms with Crippen LogP contribution in [0.15, 0.2) is 52.9 Å². The summed E-state index contributed by atoms with van der Waals surface area (Å²) in [6.07, 6.45) is 2.39. The Kier molecular flexibility index (Phi) is 2.94. The number of benzene rings is 1. The van der Waals surface area contributed by atoms with Gasteiger partial charge in [0.05, 0.1) is 11.3 Å². The first-order chi connectivity index (χ1) is 8.83. The maximum absolute atomic E-state index is 11.5. The lowest BCUT2D eigenvalue weighted by atomic mass is 10.1. The van der Waals surface area contributed by atoms with Crippen LogP contribution < -0.4 is 5.11 Å². The van der Waals surface area contributed by atoms with E-state index in [4.69, 9.17) is 0 Å². The van der Waals surface area contributed by atoms with E-state index in [1.54, 1.807) is 16.0 Å². The van der Waals surface area contributed by atoms with Crippen LogP contribution in [0.5, 0.6) is 0 Å². The van der Waals surface area contributed by atoms with Crippen LogP contribution in [0.2, 0.25) is 0 Å². The first kappa shape index (κ1) is 11.2. The van der Waals surface area contributed by atoms with Crippen molar-refractivity contribution in [2.24, 2.45) is 5.10 Å². The van der Waals surface area contributed by atoms with Crippen molar-refractivity contribution in [2.75, 3.05) is 0 Å². The monoisotopic (exact) mass is 256 g/mol. The van der Waals surface area contributed by atoms with Gasteiger partial charge < -0.3 is 5.11 Å². The third-order valence-corrected chi connectivity index (χ3v) is 3.71. The molecule has 0 radical (unpaired) electrons. The van der Waals surface area contributed by atoms with Crippen molar-refractivity contribution in [3.63, 3.8) is 0 Å². The van der Waals surface area contributed by atoms with E-state index in [0.717, 1.165) is 10.4 Å². The lowest BCUT2D eigenvalue weighted by Gasteiger charge is -2.05. The van der Waals surface area contributed by atoms with Gasteiger partial charge in [-0.15, -0.1) is 11.3 Å². The molecule has 0 bridgehead atoms. The zero-order valence-corrected chi connectivity index (χ0v) is 10.5. The highest BCUT2D eigenvalue weighted by atomic mass is 32.1. The summed E-state index contributed by atoms with van der Waals surface area (Å²) in [5.41, 5.74) is 1.12. The Labute approximate surface area is 109 Å². The Balaban J connectivity index is 1.96. The SMILES string of the molecule is [O-]C1=N/[N+](=C\c2cccs2)C(c2ccccc2)C1. The minimum atomic E-state index is -0.0586. The van der Waals surface area contributed by atoms with Gasteiger partial charge in [-0.2, -0.15) is 0 Å². The van der Waals surface area contributed by atoms with Crippen LogP contribution >= 0.6 is 11.3 Å². The van der Waals surface area contributed by atoms with E-state index in [1.807, 2.05) is 54.1 Å². The van der Waals surface area contributed by atoms with Gasteiger partial charge in [0, 0.05) is 11.5 Å². The topological polar surface area (TPSA) is 38.4 Å². The average molecular weight is 256 g/mol. The van der Waals surface area contributed by atoms with Gasteiger partial charge in [0.25, 0.3) is 0 Å². The van der Waals surface area contributed by atoms with E-state index >= 15 is 0 Å². The fourth-order valence-corrected chi connectivity index (χ4v) is 2.70. The molecule has 1 aliphatic rings. The van der Waals surface area contributed by atoms with Gasteiger partial charge in [0.2, 0.25) is 12.3 Å². The Morgan fingerprint density at radius 3 is 2.78 bits per heavy atom. The maximum Gasteiger partial charge on any atom is 0.214 e. The van der Waals surface area contributed by atoms with Crippen LogP contribution in [-0.4, -0.2) is 16.8 Å². The maximum atomic E-state index is 11.5. The largest absolute Gasteiger partial charge is 0.857 e. The minimum Gasteiger partial charge on any atom is -0.857 e. The molecule has 4 heteroatoms. The van der Waals surface area contributed by atoms with Crippen LogP contribution in [0.4, 0.5) is 0 Å². The average Bonchev–Trinajstić information content (AvgIpc) is 3.01. The van der Waals surface area contributed by atoms with Crippen molar-refractivity contribution in [2.45, 2.75) is 12.5 Å². The Morgan fingerprint density at radius 1 is 1.22 bits per heavy atom. The van der Waals surface area contributed by atoms with E-state index in [9.17, 15) is 5.11 Å². The third-order valence-electron chi connectivity index (χ3n) is 2.90. The molecule has 0 saturated carbocycles. The molecule has 2 heterocycles. The highest BCUT2D eigenvalue weighted by molar-refractivity contribution is 7.11. The Morgan fingerprint density at radius 2 is 2.06 bits per heavy atom. The molecule has 0 aliphatic carbocycles. The van der Waals surface area contributed by atoms with Gasteiger partial charge >= 0.3 is 0 Å². The van der Waals surface area contributed by atoms with Crippen molar-refractivity contribution < 1.29 is 9.79 Å². The van der Waals surface area contributed by atoms with Crippen LogP contribution in [-0.2, 0) is 0 Å². The number of rotatable bonds is 2. The lowest BCUT2D eigenvalue weighted by molar-refractivity contribution is -0.563. The zero-order valence-electron chi connectivity index (χ0n) is 9.69. The standard InChI is InChI=1S/C14H12N2OS/c17-14-9-13(11-5-2-1-3-6-11)16(15-14)10-12-7-4-8-18-12/h1-8,10,13H,9H2/b16-10-. The molecule has 18 heavy (non-hydrogen) atoms. The summed E-state index contributed by atoms with van der Waals surface area (Å²) in [5.74, 6) is -0.0586. The van der Waals surface area contributed by atoms with Gasteiger partial charge in [0.15, 0.2) is 0 Å². The van der Waals surface area contributed by atoms with E-state index < -0.39 is 0 Å². The summed E-state index contributed by atoms with van der Waals surface area (Å²) in [7, 11) is 0. The summed E-state index contributed by atoms with van der Waals surface area (Å²) in [6, 6.07) is 14.1. The summed E-state index contributed by atoms with van der Waals surface area (Å²) in [6.45, 7) is 0. The molecule has 0 amide bonds. The van der Waals surface area contributed by atoms with E-state index in [-0.39, 0.29) is 11.9 Å². The summed E-state index contributed by atoms with van der Waals surface area (Å²) >= 11 is 1.64. The van der Waals surface area contributed by atoms with Gasteiger partial charge in [-0.1, -0.05) is 41.1 Å². The van der Waals surface area contributed by atoms with E-state index in [0.29, 0.717) is 6.42 Å². The molecule has 0 saturated heterocycles. The Bertz CT molecular complexity index is 588. The molecule has 2 aromatic rings. The Hall–Kier alpha value is -1.94. The van der Waals surface area contributed by atoms with Gasteiger partial charge in [-0.25, -0.2) is 0 Å². The van der Waals surface area contributed by atoms with Gasteiger partial charge in [0.1, 0.15) is 0 Å². The number of hydrogen-bond donors (Lipinski definition) is 0. The third kappa shape index (κ3) is 2.19. The van der Waals surface area contributed by atoms with Gasteiger partial charge in [-0.3, -0.25) is 0 Å². The quantitative estimate of drug-likeness (QED) is 0.757. The lowest BCUT2D eigenvalue weighted by Crippen LogP contribution is -2.15. The molecule has 3 rings (SSSR count). The predicted molar refractivity (Wildman–Crippen MR) is 71.0 cm³/mol. The number of hydrazone groups is 1. The highest BCUT2D eigenvalue weighted by Gasteiger charge is 2.29. The van der Waals surface area contributed by atoms with E-state index in [1.165, 1.54) is 0 Å². The van der Waals surface area contributed by atoms with Crippen molar-refractivity contribution in [3.8, 4) is 0 Å². The molecular weight excluding hydrogens is 244 g/mol. The molecule has 3 nitrogen and oxygen atoms in total. The van der Waals surface area contributed by atoms with Crippen LogP contribution in [0.1, 0.15) is 22.9 Å². The molecule has 90 valence electrons. The molecule has 0 N–H and O–H groups in total. The van der Waals surface area contributed by atoms with Crippen LogP contribution in [0.3, 0.4) is 0 Å². The minimum absolute atomic E-state index is 0.0285. The van der Waals surface area contributed by atoms with Crippen LogP contribution in [0, 0.1) is 0 Å². The first-order valence-electron chi connectivity index (χ1n) is 5.79. The number of thiophene rings is 1. The molecule has 1 atom stereocenters. The van der Waals surface area contributed by atoms with E-state index in [2.05, 4.69) is 5.10 Å². The highest BCUT2D eigenvalue weighted by Crippen LogP contribution is 2.25. The van der Waals surface area contributed by atoms with Crippen LogP contribution in [0.25, 0.3) is 0 Å². The van der Waals surface area contributed by atoms with Gasteiger partial charge in [-0.05, 0) is 16.5 Å². The molecule has 0 fully saturated rings. The normalized spacial score (nSPS) is 21.2. The molecule has 1 unspecified atom stereocenters. The molecule has 1 aromatic carbocycles. The predicted octanol–water partition coefficient (Wildman–Crippen LogP) is 2.00. The summed E-state index contributed by atoms with van der Waals surface area (Å²) in [4.78, 5) is 1.11. The number of nitrogens with zero attached hydrogens (tertiary/aromatic N) is 2.